The Morgan fingerprint density at radius 3 is 2.40 bits per heavy atom. The number of ether oxygens (including phenoxy) is 1. The first-order valence-electron chi connectivity index (χ1n) is 4.29. The topological polar surface area (TPSA) is 80.7 Å². The van der Waals surface area contributed by atoms with Crippen molar-refractivity contribution in [2.24, 2.45) is 0 Å². The van der Waals surface area contributed by atoms with Gasteiger partial charge in [-0.15, -0.1) is 0 Å². The lowest BCUT2D eigenvalue weighted by Crippen LogP contribution is -2.24. The summed E-state index contributed by atoms with van der Waals surface area (Å²) < 4.78 is 4.69. The standard InChI is InChI=1S/C10H12O5/c1-3-7(11)8(4-2)15-10(14)6-5-9(12)13/h3,5-6,8H,1,4H2,2H3,(H,12,13)/b6-5-. The summed E-state index contributed by atoms with van der Waals surface area (Å²) in [4.78, 5) is 32.1. The number of carboxylic acid groups (broad SMARTS) is 1. The van der Waals surface area contributed by atoms with Crippen LogP contribution in [0.25, 0.3) is 0 Å². The van der Waals surface area contributed by atoms with Gasteiger partial charge in [0.1, 0.15) is 0 Å². The molecule has 0 aliphatic rings. The van der Waals surface area contributed by atoms with Gasteiger partial charge in [0, 0.05) is 12.2 Å². The molecule has 0 fully saturated rings. The molecule has 5 nitrogen and oxygen atoms in total. The number of aliphatic carboxylic acids is 1. The van der Waals surface area contributed by atoms with Crippen molar-refractivity contribution in [1.82, 2.24) is 0 Å². The summed E-state index contributed by atoms with van der Waals surface area (Å²) in [5.41, 5.74) is 0. The highest BCUT2D eigenvalue weighted by atomic mass is 16.5. The van der Waals surface area contributed by atoms with Gasteiger partial charge in [0.05, 0.1) is 0 Å². The number of esters is 1. The molecule has 0 aromatic heterocycles. The van der Waals surface area contributed by atoms with Gasteiger partial charge in [0.25, 0.3) is 0 Å². The molecular weight excluding hydrogens is 200 g/mol. The Labute approximate surface area is 87.0 Å². The van der Waals surface area contributed by atoms with E-state index in [0.717, 1.165) is 12.2 Å². The van der Waals surface area contributed by atoms with Crippen molar-refractivity contribution < 1.29 is 24.2 Å². The lowest BCUT2D eigenvalue weighted by Gasteiger charge is -2.10. The van der Waals surface area contributed by atoms with Crippen molar-refractivity contribution in [3.63, 3.8) is 0 Å². The van der Waals surface area contributed by atoms with E-state index in [2.05, 4.69) is 6.58 Å². The Bertz CT molecular complexity index is 303. The van der Waals surface area contributed by atoms with E-state index in [9.17, 15) is 14.4 Å². The maximum atomic E-state index is 11.1. The zero-order chi connectivity index (χ0) is 11.8. The summed E-state index contributed by atoms with van der Waals surface area (Å²) in [7, 11) is 0. The van der Waals surface area contributed by atoms with E-state index in [0.29, 0.717) is 12.5 Å². The van der Waals surface area contributed by atoms with E-state index in [1.54, 1.807) is 6.92 Å². The highest BCUT2D eigenvalue weighted by Crippen LogP contribution is 2.01. The third-order valence-electron chi connectivity index (χ3n) is 1.51. The fourth-order valence-electron chi connectivity index (χ4n) is 0.793. The van der Waals surface area contributed by atoms with E-state index >= 15 is 0 Å². The molecule has 1 unspecified atom stereocenters. The van der Waals surface area contributed by atoms with E-state index in [1.165, 1.54) is 0 Å². The van der Waals surface area contributed by atoms with Gasteiger partial charge in [-0.25, -0.2) is 9.59 Å². The molecule has 0 aromatic rings. The number of rotatable bonds is 6. The molecule has 5 heteroatoms. The maximum Gasteiger partial charge on any atom is 0.331 e. The summed E-state index contributed by atoms with van der Waals surface area (Å²) in [6.07, 6.45) is 1.88. The van der Waals surface area contributed by atoms with Crippen LogP contribution in [0.3, 0.4) is 0 Å². The molecule has 0 heterocycles. The van der Waals surface area contributed by atoms with Gasteiger partial charge in [-0.3, -0.25) is 4.79 Å². The summed E-state index contributed by atoms with van der Waals surface area (Å²) >= 11 is 0. The van der Waals surface area contributed by atoms with Crippen LogP contribution in [0.15, 0.2) is 24.8 Å². The van der Waals surface area contributed by atoms with Crippen LogP contribution in [-0.2, 0) is 19.1 Å². The van der Waals surface area contributed by atoms with Crippen LogP contribution < -0.4 is 0 Å². The second kappa shape index (κ2) is 6.53. The number of carbonyl (C=O) groups is 3. The number of hydrogen-bond acceptors (Lipinski definition) is 4. The molecule has 0 radical (unpaired) electrons. The highest BCUT2D eigenvalue weighted by Gasteiger charge is 2.16. The first-order chi connectivity index (χ1) is 7.01. The zero-order valence-corrected chi connectivity index (χ0v) is 8.30. The predicted molar refractivity (Wildman–Crippen MR) is 52.2 cm³/mol. The molecule has 0 saturated heterocycles. The molecule has 0 rings (SSSR count). The van der Waals surface area contributed by atoms with Gasteiger partial charge in [-0.05, 0) is 12.5 Å². The van der Waals surface area contributed by atoms with Crippen LogP contribution in [0.1, 0.15) is 13.3 Å². The van der Waals surface area contributed by atoms with Crippen LogP contribution >= 0.6 is 0 Å². The van der Waals surface area contributed by atoms with E-state index in [4.69, 9.17) is 9.84 Å². The fourth-order valence-corrected chi connectivity index (χ4v) is 0.793. The van der Waals surface area contributed by atoms with Gasteiger partial charge in [-0.1, -0.05) is 13.5 Å². The Hall–Kier alpha value is -1.91. The smallest absolute Gasteiger partial charge is 0.331 e. The van der Waals surface area contributed by atoms with Gasteiger partial charge in [-0.2, -0.15) is 0 Å². The molecule has 0 saturated carbocycles. The molecule has 0 amide bonds. The molecular formula is C10H12O5. The summed E-state index contributed by atoms with van der Waals surface area (Å²) in [6, 6.07) is 0. The van der Waals surface area contributed by atoms with Crippen molar-refractivity contribution >= 4 is 17.7 Å². The molecule has 0 bridgehead atoms. The average molecular weight is 212 g/mol. The SMILES string of the molecule is C=CC(=O)C(CC)OC(=O)/C=C\C(=O)O. The molecule has 1 atom stereocenters. The van der Waals surface area contributed by atoms with Gasteiger partial charge >= 0.3 is 11.9 Å². The van der Waals surface area contributed by atoms with E-state index < -0.39 is 23.8 Å². The van der Waals surface area contributed by atoms with Crippen LogP contribution in [0.5, 0.6) is 0 Å². The van der Waals surface area contributed by atoms with Gasteiger partial charge in [0.15, 0.2) is 11.9 Å². The normalized spacial score (nSPS) is 12.1. The second-order valence-electron chi connectivity index (χ2n) is 2.61. The van der Waals surface area contributed by atoms with Gasteiger partial charge in [0.2, 0.25) is 0 Å². The molecule has 0 aromatic carbocycles. The van der Waals surface area contributed by atoms with Crippen LogP contribution in [0, 0.1) is 0 Å². The van der Waals surface area contributed by atoms with Crippen molar-refractivity contribution in [3.8, 4) is 0 Å². The van der Waals surface area contributed by atoms with Crippen molar-refractivity contribution in [2.45, 2.75) is 19.4 Å². The van der Waals surface area contributed by atoms with Crippen molar-refractivity contribution in [2.75, 3.05) is 0 Å². The van der Waals surface area contributed by atoms with Gasteiger partial charge < -0.3 is 9.84 Å². The van der Waals surface area contributed by atoms with E-state index in [1.807, 2.05) is 0 Å². The third kappa shape index (κ3) is 5.41. The number of carboxylic acids is 1. The predicted octanol–water partition coefficient (Wildman–Crippen LogP) is 0.704. The Kier molecular flexibility index (Phi) is 5.70. The molecule has 82 valence electrons. The Morgan fingerprint density at radius 1 is 1.40 bits per heavy atom. The van der Waals surface area contributed by atoms with Crippen LogP contribution in [-0.4, -0.2) is 28.9 Å². The average Bonchev–Trinajstić information content (AvgIpc) is 2.21. The Balaban J connectivity index is 4.31. The van der Waals surface area contributed by atoms with Crippen LogP contribution in [0.4, 0.5) is 0 Å². The quantitative estimate of drug-likeness (QED) is 0.518. The van der Waals surface area contributed by atoms with Crippen molar-refractivity contribution in [3.05, 3.63) is 24.8 Å². The molecule has 0 aliphatic heterocycles. The lowest BCUT2D eigenvalue weighted by molar-refractivity contribution is -0.149. The summed E-state index contributed by atoms with van der Waals surface area (Å²) in [6.45, 7) is 4.92. The highest BCUT2D eigenvalue weighted by molar-refractivity contribution is 5.96. The summed E-state index contributed by atoms with van der Waals surface area (Å²) in [5, 5.41) is 8.23. The largest absolute Gasteiger partial charge is 0.478 e. The third-order valence-corrected chi connectivity index (χ3v) is 1.51. The monoisotopic (exact) mass is 212 g/mol. The minimum atomic E-state index is -1.25. The number of hydrogen-bond donors (Lipinski definition) is 1. The number of carbonyl (C=O) groups excluding carboxylic acids is 2. The minimum absolute atomic E-state index is 0.317. The van der Waals surface area contributed by atoms with Crippen LogP contribution in [0.2, 0.25) is 0 Å². The molecule has 0 aliphatic carbocycles. The first kappa shape index (κ1) is 13.1. The van der Waals surface area contributed by atoms with Crippen molar-refractivity contribution in [1.29, 1.82) is 0 Å². The summed E-state index contributed by atoms with van der Waals surface area (Å²) in [5.74, 6) is -2.52. The molecule has 1 N–H and O–H groups in total. The zero-order valence-electron chi connectivity index (χ0n) is 8.30. The Morgan fingerprint density at radius 2 is 2.00 bits per heavy atom. The van der Waals surface area contributed by atoms with E-state index in [-0.39, 0.29) is 0 Å². The maximum absolute atomic E-state index is 11.1. The minimum Gasteiger partial charge on any atom is -0.478 e. The molecule has 0 spiro atoms. The lowest BCUT2D eigenvalue weighted by atomic mass is 10.2. The second-order valence-corrected chi connectivity index (χ2v) is 2.61. The molecule has 15 heavy (non-hydrogen) atoms. The number of ketones is 1. The first-order valence-corrected chi connectivity index (χ1v) is 4.29. The fraction of sp³-hybridized carbons (Fsp3) is 0.300.